The maximum Gasteiger partial charge on any atom is 0.233 e. The van der Waals surface area contributed by atoms with E-state index in [1.165, 1.54) is 5.56 Å². The Morgan fingerprint density at radius 3 is 2.20 bits per heavy atom. The smallest absolute Gasteiger partial charge is 0.233 e. The fourth-order valence-corrected chi connectivity index (χ4v) is 2.96. The lowest BCUT2D eigenvalue weighted by atomic mass is 9.96. The van der Waals surface area contributed by atoms with Gasteiger partial charge in [0.15, 0.2) is 5.11 Å². The molecule has 2 N–H and O–H groups in total. The Morgan fingerprint density at radius 2 is 1.64 bits per heavy atom. The van der Waals surface area contributed by atoms with E-state index in [1.807, 2.05) is 43.3 Å². The van der Waals surface area contributed by atoms with E-state index in [1.54, 1.807) is 0 Å². The molecule has 0 saturated carbocycles. The molecule has 3 nitrogen and oxygen atoms in total. The van der Waals surface area contributed by atoms with Gasteiger partial charge in [0.25, 0.3) is 0 Å². The summed E-state index contributed by atoms with van der Waals surface area (Å²) < 4.78 is 0.988. The molecule has 1 atom stereocenters. The van der Waals surface area contributed by atoms with Gasteiger partial charge in [0.05, 0.1) is 5.92 Å². The quantitative estimate of drug-likeness (QED) is 0.650. The topological polar surface area (TPSA) is 41.1 Å². The van der Waals surface area contributed by atoms with Crippen LogP contribution in [0.4, 0.5) is 5.69 Å². The monoisotopic (exact) mass is 418 g/mol. The average molecular weight is 419 g/mol. The summed E-state index contributed by atoms with van der Waals surface area (Å²) in [6.07, 6.45) is 1.04. The number of thiocarbonyl (C=S) groups is 1. The maximum absolute atomic E-state index is 12.4. The van der Waals surface area contributed by atoms with Crippen molar-refractivity contribution in [3.63, 3.8) is 0 Å². The van der Waals surface area contributed by atoms with Crippen LogP contribution >= 0.6 is 28.1 Å². The molecule has 2 aromatic rings. The first kappa shape index (κ1) is 19.6. The molecule has 5 heteroatoms. The molecule has 0 saturated heterocycles. The molecule has 1 unspecified atom stereocenters. The van der Waals surface area contributed by atoms with Crippen LogP contribution in [0.15, 0.2) is 53.0 Å². The van der Waals surface area contributed by atoms with Crippen molar-refractivity contribution in [1.29, 1.82) is 0 Å². The number of rotatable bonds is 5. The van der Waals surface area contributed by atoms with Crippen molar-refractivity contribution in [1.82, 2.24) is 5.32 Å². The van der Waals surface area contributed by atoms with E-state index in [2.05, 4.69) is 52.5 Å². The van der Waals surface area contributed by atoms with Crippen LogP contribution in [-0.4, -0.2) is 11.0 Å². The third kappa shape index (κ3) is 6.25. The predicted octanol–water partition coefficient (Wildman–Crippen LogP) is 5.26. The van der Waals surface area contributed by atoms with Crippen LogP contribution in [0, 0.1) is 5.92 Å². The minimum absolute atomic E-state index is 0.119. The molecule has 0 bridgehead atoms. The van der Waals surface area contributed by atoms with E-state index in [0.717, 1.165) is 22.1 Å². The second-order valence-corrected chi connectivity index (χ2v) is 7.84. The van der Waals surface area contributed by atoms with Crippen molar-refractivity contribution in [3.8, 4) is 0 Å². The van der Waals surface area contributed by atoms with Crippen molar-refractivity contribution >= 4 is 44.9 Å². The number of carbonyl (C=O) groups is 1. The molecular formula is C20H23BrN2OS. The minimum Gasteiger partial charge on any atom is -0.332 e. The van der Waals surface area contributed by atoms with Gasteiger partial charge in [-0.05, 0) is 66.9 Å². The van der Waals surface area contributed by atoms with Crippen molar-refractivity contribution < 1.29 is 4.79 Å². The fraction of sp³-hybridized carbons (Fsp3) is 0.300. The molecule has 0 aromatic heterocycles. The summed E-state index contributed by atoms with van der Waals surface area (Å²) in [6, 6.07) is 15.8. The first-order valence-electron chi connectivity index (χ1n) is 8.31. The molecule has 2 aromatic carbocycles. The highest BCUT2D eigenvalue weighted by molar-refractivity contribution is 9.10. The van der Waals surface area contributed by atoms with Crippen LogP contribution in [0.1, 0.15) is 37.8 Å². The molecule has 0 fully saturated rings. The number of hydrogen-bond acceptors (Lipinski definition) is 2. The van der Waals surface area contributed by atoms with E-state index in [-0.39, 0.29) is 11.8 Å². The molecule has 2 rings (SSSR count). The maximum atomic E-state index is 12.4. The predicted molar refractivity (Wildman–Crippen MR) is 112 cm³/mol. The average Bonchev–Trinajstić information content (AvgIpc) is 2.56. The first-order valence-corrected chi connectivity index (χ1v) is 9.51. The number of anilines is 1. The van der Waals surface area contributed by atoms with Crippen molar-refractivity contribution in [2.75, 3.05) is 5.32 Å². The number of nitrogens with one attached hydrogen (secondary N) is 2. The zero-order chi connectivity index (χ0) is 18.4. The highest BCUT2D eigenvalue weighted by Crippen LogP contribution is 2.18. The third-order valence-corrected chi connectivity index (χ3v) is 4.59. The second-order valence-electron chi connectivity index (χ2n) is 6.51. The number of halogens is 1. The fourth-order valence-electron chi connectivity index (χ4n) is 2.48. The summed E-state index contributed by atoms with van der Waals surface area (Å²) in [5, 5.41) is 6.07. The molecule has 0 spiro atoms. The minimum atomic E-state index is -0.266. The summed E-state index contributed by atoms with van der Waals surface area (Å²) in [5.74, 6) is 0.234. The van der Waals surface area contributed by atoms with E-state index < -0.39 is 0 Å². The van der Waals surface area contributed by atoms with Crippen LogP contribution in [-0.2, 0) is 11.2 Å². The van der Waals surface area contributed by atoms with Crippen molar-refractivity contribution in [3.05, 3.63) is 64.1 Å². The highest BCUT2D eigenvalue weighted by Gasteiger charge is 2.16. The van der Waals surface area contributed by atoms with Crippen LogP contribution in [0.2, 0.25) is 0 Å². The van der Waals surface area contributed by atoms with E-state index in [0.29, 0.717) is 11.0 Å². The van der Waals surface area contributed by atoms with Gasteiger partial charge < -0.3 is 10.6 Å². The van der Waals surface area contributed by atoms with Gasteiger partial charge >= 0.3 is 0 Å². The van der Waals surface area contributed by atoms with Crippen LogP contribution in [0.3, 0.4) is 0 Å². The van der Waals surface area contributed by atoms with Gasteiger partial charge in [-0.1, -0.05) is 54.0 Å². The third-order valence-electron chi connectivity index (χ3n) is 3.86. The van der Waals surface area contributed by atoms with Crippen molar-refractivity contribution in [2.45, 2.75) is 33.1 Å². The SMILES string of the molecule is CC(C)Cc1ccc(C(C)C(=O)NC(=S)Nc2ccc(Br)cc2)cc1. The van der Waals surface area contributed by atoms with Gasteiger partial charge in [0.2, 0.25) is 5.91 Å². The van der Waals surface area contributed by atoms with Crippen LogP contribution in [0.25, 0.3) is 0 Å². The number of hydrogen-bond donors (Lipinski definition) is 2. The summed E-state index contributed by atoms with van der Waals surface area (Å²) in [7, 11) is 0. The number of amides is 1. The molecule has 1 amide bonds. The van der Waals surface area contributed by atoms with Gasteiger partial charge in [-0.25, -0.2) is 0 Å². The summed E-state index contributed by atoms with van der Waals surface area (Å²) in [5.41, 5.74) is 3.11. The second kappa shape index (κ2) is 9.11. The Kier molecular flexibility index (Phi) is 7.14. The van der Waals surface area contributed by atoms with Crippen molar-refractivity contribution in [2.24, 2.45) is 5.92 Å². The van der Waals surface area contributed by atoms with Crippen LogP contribution in [0.5, 0.6) is 0 Å². The van der Waals surface area contributed by atoms with Crippen LogP contribution < -0.4 is 10.6 Å². The highest BCUT2D eigenvalue weighted by atomic mass is 79.9. The lowest BCUT2D eigenvalue weighted by Gasteiger charge is -2.15. The molecule has 0 radical (unpaired) electrons. The summed E-state index contributed by atoms with van der Waals surface area (Å²) in [6.45, 7) is 6.28. The first-order chi connectivity index (χ1) is 11.8. The van der Waals surface area contributed by atoms with Gasteiger partial charge in [-0.15, -0.1) is 0 Å². The molecule has 0 aliphatic carbocycles. The largest absolute Gasteiger partial charge is 0.332 e. The van der Waals surface area contributed by atoms with Gasteiger partial charge in [-0.3, -0.25) is 4.79 Å². The number of carbonyl (C=O) groups excluding carboxylic acids is 1. The van der Waals surface area contributed by atoms with E-state index in [4.69, 9.17) is 12.2 Å². The Hall–Kier alpha value is -1.72. The molecular weight excluding hydrogens is 396 g/mol. The lowest BCUT2D eigenvalue weighted by Crippen LogP contribution is -2.36. The van der Waals surface area contributed by atoms with Gasteiger partial charge in [0, 0.05) is 10.2 Å². The molecule has 0 aliphatic heterocycles. The summed E-state index contributed by atoms with van der Waals surface area (Å²) >= 11 is 8.61. The van der Waals surface area contributed by atoms with E-state index >= 15 is 0 Å². The number of benzene rings is 2. The van der Waals surface area contributed by atoms with Gasteiger partial charge in [-0.2, -0.15) is 0 Å². The molecule has 25 heavy (non-hydrogen) atoms. The molecule has 0 aliphatic rings. The lowest BCUT2D eigenvalue weighted by molar-refractivity contribution is -0.120. The zero-order valence-electron chi connectivity index (χ0n) is 14.7. The standard InChI is InChI=1S/C20H23BrN2OS/c1-13(2)12-15-4-6-16(7-5-15)14(3)19(24)23-20(25)22-18-10-8-17(21)9-11-18/h4-11,13-14H,12H2,1-3H3,(H2,22,23,24,25). The Bertz CT molecular complexity index is 726. The zero-order valence-corrected chi connectivity index (χ0v) is 17.1. The summed E-state index contributed by atoms with van der Waals surface area (Å²) in [4.78, 5) is 12.4. The molecule has 0 heterocycles. The Morgan fingerprint density at radius 1 is 1.04 bits per heavy atom. The van der Waals surface area contributed by atoms with E-state index in [9.17, 15) is 4.79 Å². The normalized spacial score (nSPS) is 11.9. The Labute approximate surface area is 163 Å². The van der Waals surface area contributed by atoms with Gasteiger partial charge in [0.1, 0.15) is 0 Å². The molecule has 132 valence electrons. The Balaban J connectivity index is 1.92.